The van der Waals surface area contributed by atoms with Gasteiger partial charge in [0.05, 0.1) is 32.0 Å². The van der Waals surface area contributed by atoms with Crippen LogP contribution in [-0.4, -0.2) is 0 Å². The van der Waals surface area contributed by atoms with Crippen LogP contribution < -0.4 is 0 Å². The molecule has 130 valence electrons. The number of hydrogen-bond donors (Lipinski definition) is 0. The Morgan fingerprint density at radius 1 is 0.536 bits per heavy atom. The molecule has 28 heavy (non-hydrogen) atoms. The fourth-order valence-electron chi connectivity index (χ4n) is 2.65. The van der Waals surface area contributed by atoms with Gasteiger partial charge in [-0.15, -0.1) is 45.3 Å². The molecule has 0 radical (unpaired) electrons. The van der Waals surface area contributed by atoms with Gasteiger partial charge in [0.15, 0.2) is 0 Å². The topological polar surface area (TPSA) is 95.2 Å². The molecule has 0 fully saturated rings. The molecule has 0 unspecified atom stereocenters. The van der Waals surface area contributed by atoms with Gasteiger partial charge in [0.25, 0.3) is 0 Å². The van der Waals surface area contributed by atoms with E-state index in [9.17, 15) is 10.5 Å². The van der Waals surface area contributed by atoms with Crippen molar-refractivity contribution in [2.24, 2.45) is 0 Å². The zero-order valence-corrected chi connectivity index (χ0v) is 17.2. The van der Waals surface area contributed by atoms with Crippen LogP contribution in [0.5, 0.6) is 0 Å². The molecule has 4 aromatic heterocycles. The van der Waals surface area contributed by atoms with E-state index in [1.807, 2.05) is 24.3 Å². The maximum absolute atomic E-state index is 9.37. The van der Waals surface area contributed by atoms with Crippen LogP contribution in [0.2, 0.25) is 0 Å². The second-order valence-electron chi connectivity index (χ2n) is 5.48. The van der Waals surface area contributed by atoms with E-state index in [0.29, 0.717) is 22.3 Å². The van der Waals surface area contributed by atoms with Crippen LogP contribution in [0, 0.1) is 45.3 Å². The molecule has 0 aliphatic carbocycles. The van der Waals surface area contributed by atoms with Gasteiger partial charge in [-0.05, 0) is 24.3 Å². The molecule has 0 amide bonds. The first-order valence-electron chi connectivity index (χ1n) is 7.74. The Morgan fingerprint density at radius 2 is 0.929 bits per heavy atom. The highest BCUT2D eigenvalue weighted by Gasteiger charge is 2.18. The molecule has 0 atom stereocenters. The van der Waals surface area contributed by atoms with Gasteiger partial charge in [-0.1, -0.05) is 0 Å². The summed E-state index contributed by atoms with van der Waals surface area (Å²) < 4.78 is 0. The van der Waals surface area contributed by atoms with Crippen molar-refractivity contribution < 1.29 is 0 Å². The van der Waals surface area contributed by atoms with E-state index in [4.69, 9.17) is 10.5 Å². The van der Waals surface area contributed by atoms with E-state index in [0.717, 1.165) is 29.3 Å². The molecule has 0 aromatic carbocycles. The van der Waals surface area contributed by atoms with Gasteiger partial charge in [-0.2, -0.15) is 21.0 Å². The maximum atomic E-state index is 9.37. The summed E-state index contributed by atoms with van der Waals surface area (Å²) >= 11 is 5.94. The molecular formula is C20H6N4S4. The van der Waals surface area contributed by atoms with E-state index in [1.54, 1.807) is 33.4 Å². The predicted molar refractivity (Wildman–Crippen MR) is 113 cm³/mol. The van der Waals surface area contributed by atoms with Crippen molar-refractivity contribution in [2.45, 2.75) is 0 Å². The zero-order valence-electron chi connectivity index (χ0n) is 13.9. The van der Waals surface area contributed by atoms with Crippen LogP contribution in [0.3, 0.4) is 0 Å². The minimum absolute atomic E-state index is 0.408. The minimum Gasteiger partial charge on any atom is -0.192 e. The van der Waals surface area contributed by atoms with E-state index in [2.05, 4.69) is 24.3 Å². The van der Waals surface area contributed by atoms with Crippen LogP contribution in [0.4, 0.5) is 0 Å². The molecule has 8 heteroatoms. The van der Waals surface area contributed by atoms with E-state index in [1.165, 1.54) is 22.7 Å². The highest BCUT2D eigenvalue weighted by Crippen LogP contribution is 2.44. The average molecular weight is 431 g/mol. The van der Waals surface area contributed by atoms with E-state index < -0.39 is 0 Å². The first-order chi connectivity index (χ1) is 13.7. The lowest BCUT2D eigenvalue weighted by atomic mass is 10.1. The lowest BCUT2D eigenvalue weighted by molar-refractivity contribution is 1.47. The monoisotopic (exact) mass is 430 g/mol. The highest BCUT2D eigenvalue weighted by atomic mass is 32.1. The van der Waals surface area contributed by atoms with Gasteiger partial charge >= 0.3 is 0 Å². The van der Waals surface area contributed by atoms with Crippen LogP contribution in [-0.2, 0) is 0 Å². The molecule has 4 nitrogen and oxygen atoms in total. The van der Waals surface area contributed by atoms with Gasteiger partial charge in [0.1, 0.15) is 24.3 Å². The molecule has 4 heterocycles. The number of rotatable bonds is 3. The Bertz CT molecular complexity index is 1260. The second kappa shape index (κ2) is 7.41. The summed E-state index contributed by atoms with van der Waals surface area (Å²) in [6.07, 6.45) is 0. The number of hydrogen-bond acceptors (Lipinski definition) is 8. The van der Waals surface area contributed by atoms with Crippen molar-refractivity contribution in [1.29, 1.82) is 21.0 Å². The van der Waals surface area contributed by atoms with Crippen LogP contribution >= 0.6 is 45.3 Å². The van der Waals surface area contributed by atoms with Crippen LogP contribution in [0.1, 0.15) is 22.3 Å². The van der Waals surface area contributed by atoms with Crippen molar-refractivity contribution in [1.82, 2.24) is 0 Å². The molecule has 0 bridgehead atoms. The molecule has 0 saturated carbocycles. The molecule has 0 spiro atoms. The summed E-state index contributed by atoms with van der Waals surface area (Å²) in [5.74, 6) is 0. The molecule has 0 aliphatic rings. The first-order valence-corrected chi connectivity index (χ1v) is 11.1. The van der Waals surface area contributed by atoms with Crippen LogP contribution in [0.15, 0.2) is 35.0 Å². The third-order valence-electron chi connectivity index (χ3n) is 3.95. The van der Waals surface area contributed by atoms with Gasteiger partial charge in [-0.25, -0.2) is 0 Å². The van der Waals surface area contributed by atoms with E-state index >= 15 is 0 Å². The summed E-state index contributed by atoms with van der Waals surface area (Å²) in [5.41, 5.74) is 1.67. The van der Waals surface area contributed by atoms with Gasteiger partial charge < -0.3 is 0 Å². The second-order valence-corrected chi connectivity index (χ2v) is 9.41. The summed E-state index contributed by atoms with van der Waals surface area (Å²) in [4.78, 5) is 5.64. The quantitative estimate of drug-likeness (QED) is 0.374. The summed E-state index contributed by atoms with van der Waals surface area (Å²) in [6.45, 7) is 0. The summed E-state index contributed by atoms with van der Waals surface area (Å²) in [5, 5.41) is 40.4. The van der Waals surface area contributed by atoms with E-state index in [-0.39, 0.29) is 0 Å². The van der Waals surface area contributed by atoms with Crippen LogP contribution in [0.25, 0.3) is 29.3 Å². The molecule has 0 N–H and O–H groups in total. The lowest BCUT2D eigenvalue weighted by Gasteiger charge is -1.94. The Morgan fingerprint density at radius 3 is 1.29 bits per heavy atom. The zero-order chi connectivity index (χ0) is 19.7. The van der Waals surface area contributed by atoms with Gasteiger partial charge in [-0.3, -0.25) is 0 Å². The summed E-state index contributed by atoms with van der Waals surface area (Å²) in [7, 11) is 0. The number of thiophene rings is 4. The Labute approximate surface area is 176 Å². The molecule has 0 aliphatic heterocycles. The Kier molecular flexibility index (Phi) is 4.80. The third kappa shape index (κ3) is 2.92. The van der Waals surface area contributed by atoms with Crippen molar-refractivity contribution >= 4 is 45.3 Å². The Balaban J connectivity index is 1.71. The average Bonchev–Trinajstić information content (AvgIpc) is 3.50. The SMILES string of the molecule is N#Cc1csc(-c2ccc(-c3ccc(-c4scc(C#N)c4C#N)s3)s2)c1C#N. The van der Waals surface area contributed by atoms with Crippen molar-refractivity contribution in [3.63, 3.8) is 0 Å². The maximum Gasteiger partial charge on any atom is 0.102 e. The molecular weight excluding hydrogens is 425 g/mol. The fraction of sp³-hybridized carbons (Fsp3) is 0. The fourth-order valence-corrected chi connectivity index (χ4v) is 6.91. The summed E-state index contributed by atoms with van der Waals surface area (Å²) in [6, 6.07) is 16.3. The normalized spacial score (nSPS) is 10.0. The first kappa shape index (κ1) is 18.1. The van der Waals surface area contributed by atoms with Gasteiger partial charge in [0.2, 0.25) is 0 Å². The molecule has 4 rings (SSSR count). The molecule has 4 aromatic rings. The largest absolute Gasteiger partial charge is 0.192 e. The number of nitriles is 4. The van der Waals surface area contributed by atoms with Crippen molar-refractivity contribution in [2.75, 3.05) is 0 Å². The predicted octanol–water partition coefficient (Wildman–Crippen LogP) is 6.42. The third-order valence-corrected chi connectivity index (χ3v) is 8.64. The standard InChI is InChI=1S/C20H6N4S4/c21-5-11-9-25-19(13(11)7-23)17-3-1-15(27-17)16-2-4-18(28-16)20-14(8-24)12(6-22)10-26-20/h1-4,9-10H. The smallest absolute Gasteiger partial charge is 0.102 e. The number of nitrogens with zero attached hydrogens (tertiary/aromatic N) is 4. The minimum atomic E-state index is 0.408. The van der Waals surface area contributed by atoms with Crippen molar-refractivity contribution in [3.8, 4) is 53.5 Å². The highest BCUT2D eigenvalue weighted by molar-refractivity contribution is 7.28. The van der Waals surface area contributed by atoms with Gasteiger partial charge in [0, 0.05) is 30.3 Å². The lowest BCUT2D eigenvalue weighted by Crippen LogP contribution is -1.77. The Hall–Kier alpha value is -3.24. The van der Waals surface area contributed by atoms with Crippen molar-refractivity contribution in [3.05, 3.63) is 57.3 Å². The molecule has 0 saturated heterocycles.